The Kier molecular flexibility index (Phi) is 5.59. The molecule has 1 N–H and O–H groups in total. The van der Waals surface area contributed by atoms with Crippen LogP contribution in [0, 0.1) is 0 Å². The van der Waals surface area contributed by atoms with Crippen LogP contribution in [-0.4, -0.2) is 25.7 Å². The quantitative estimate of drug-likeness (QED) is 0.903. The molecule has 1 aliphatic heterocycles. The van der Waals surface area contributed by atoms with Crippen LogP contribution in [0.3, 0.4) is 0 Å². The molecule has 126 valence electrons. The number of carbonyl (C=O) groups excluding carboxylic acids is 1. The van der Waals surface area contributed by atoms with Crippen LogP contribution in [0.1, 0.15) is 17.5 Å². The molecular formula is C19H20ClNO3. The lowest BCUT2D eigenvalue weighted by Crippen LogP contribution is -2.27. The van der Waals surface area contributed by atoms with Gasteiger partial charge in [-0.1, -0.05) is 29.8 Å². The van der Waals surface area contributed by atoms with Gasteiger partial charge in [0.2, 0.25) is 5.91 Å². The first kappa shape index (κ1) is 16.7. The molecule has 0 saturated carbocycles. The Balaban J connectivity index is 1.49. The zero-order chi connectivity index (χ0) is 16.8. The highest BCUT2D eigenvalue weighted by Crippen LogP contribution is 2.30. The lowest BCUT2D eigenvalue weighted by atomic mass is 10.1. The van der Waals surface area contributed by atoms with Crippen molar-refractivity contribution in [2.75, 3.05) is 19.8 Å². The molecule has 0 aromatic heterocycles. The number of benzene rings is 2. The van der Waals surface area contributed by atoms with Crippen LogP contribution in [0.25, 0.3) is 0 Å². The molecule has 0 aliphatic carbocycles. The van der Waals surface area contributed by atoms with Crippen molar-refractivity contribution in [1.82, 2.24) is 5.32 Å². The van der Waals surface area contributed by atoms with E-state index >= 15 is 0 Å². The van der Waals surface area contributed by atoms with Crippen molar-refractivity contribution in [2.24, 2.45) is 0 Å². The van der Waals surface area contributed by atoms with Crippen LogP contribution in [0.5, 0.6) is 11.5 Å². The van der Waals surface area contributed by atoms with E-state index < -0.39 is 0 Å². The van der Waals surface area contributed by atoms with Crippen molar-refractivity contribution in [3.63, 3.8) is 0 Å². The van der Waals surface area contributed by atoms with E-state index in [0.29, 0.717) is 31.2 Å². The van der Waals surface area contributed by atoms with Gasteiger partial charge in [0.25, 0.3) is 0 Å². The van der Waals surface area contributed by atoms with E-state index in [0.717, 1.165) is 35.5 Å². The zero-order valence-corrected chi connectivity index (χ0v) is 14.1. The zero-order valence-electron chi connectivity index (χ0n) is 13.4. The minimum absolute atomic E-state index is 0.00777. The fourth-order valence-corrected chi connectivity index (χ4v) is 2.82. The highest BCUT2D eigenvalue weighted by molar-refractivity contribution is 6.30. The molecule has 0 fully saturated rings. The summed E-state index contributed by atoms with van der Waals surface area (Å²) < 4.78 is 11.3. The first-order valence-corrected chi connectivity index (χ1v) is 8.48. The lowest BCUT2D eigenvalue weighted by Gasteiger charge is -2.10. The topological polar surface area (TPSA) is 47.6 Å². The molecule has 1 amide bonds. The van der Waals surface area contributed by atoms with Gasteiger partial charge in [0, 0.05) is 18.0 Å². The average molecular weight is 346 g/mol. The number of rotatable bonds is 5. The smallest absolute Gasteiger partial charge is 0.224 e. The van der Waals surface area contributed by atoms with E-state index in [1.807, 2.05) is 36.4 Å². The molecule has 0 radical (unpaired) electrons. The van der Waals surface area contributed by atoms with Gasteiger partial charge in [-0.25, -0.2) is 0 Å². The van der Waals surface area contributed by atoms with Crippen LogP contribution in [0.15, 0.2) is 42.5 Å². The largest absolute Gasteiger partial charge is 0.490 e. The predicted octanol–water partition coefficient (Wildman–Crippen LogP) is 3.40. The average Bonchev–Trinajstić information content (AvgIpc) is 2.79. The number of fused-ring (bicyclic) bond motifs is 1. The SMILES string of the molecule is O=C(Cc1cccc(Cl)c1)NCCc1ccc2c(c1)OCCCO2. The third-order valence-corrected chi connectivity index (χ3v) is 4.04. The first-order chi connectivity index (χ1) is 11.7. The summed E-state index contributed by atoms with van der Waals surface area (Å²) in [5.74, 6) is 1.57. The van der Waals surface area contributed by atoms with Gasteiger partial charge in [-0.05, 0) is 41.8 Å². The number of amides is 1. The molecule has 0 spiro atoms. The maximum Gasteiger partial charge on any atom is 0.224 e. The summed E-state index contributed by atoms with van der Waals surface area (Å²) in [5.41, 5.74) is 2.03. The second-order valence-corrected chi connectivity index (χ2v) is 6.17. The molecular weight excluding hydrogens is 326 g/mol. The molecule has 5 heteroatoms. The molecule has 2 aromatic carbocycles. The minimum atomic E-state index is -0.00777. The molecule has 3 rings (SSSR count). The highest BCUT2D eigenvalue weighted by Gasteiger charge is 2.11. The van der Waals surface area contributed by atoms with E-state index in [9.17, 15) is 4.79 Å². The first-order valence-electron chi connectivity index (χ1n) is 8.10. The summed E-state index contributed by atoms with van der Waals surface area (Å²) in [6.45, 7) is 1.94. The van der Waals surface area contributed by atoms with Gasteiger partial charge >= 0.3 is 0 Å². The van der Waals surface area contributed by atoms with E-state index in [4.69, 9.17) is 21.1 Å². The molecule has 0 atom stereocenters. The van der Waals surface area contributed by atoms with Gasteiger partial charge < -0.3 is 14.8 Å². The number of ether oxygens (including phenoxy) is 2. The van der Waals surface area contributed by atoms with Crippen molar-refractivity contribution >= 4 is 17.5 Å². The molecule has 4 nitrogen and oxygen atoms in total. The summed E-state index contributed by atoms with van der Waals surface area (Å²) in [5, 5.41) is 3.58. The van der Waals surface area contributed by atoms with Crippen molar-refractivity contribution < 1.29 is 14.3 Å². The maximum absolute atomic E-state index is 12.0. The normalized spacial score (nSPS) is 13.2. The number of carbonyl (C=O) groups is 1. The molecule has 0 saturated heterocycles. The third-order valence-electron chi connectivity index (χ3n) is 3.80. The van der Waals surface area contributed by atoms with Gasteiger partial charge in [0.1, 0.15) is 0 Å². The summed E-state index contributed by atoms with van der Waals surface area (Å²) >= 11 is 5.93. The third kappa shape index (κ3) is 4.65. The van der Waals surface area contributed by atoms with Crippen molar-refractivity contribution in [1.29, 1.82) is 0 Å². The van der Waals surface area contributed by atoms with E-state index in [-0.39, 0.29) is 5.91 Å². The highest BCUT2D eigenvalue weighted by atomic mass is 35.5. The lowest BCUT2D eigenvalue weighted by molar-refractivity contribution is -0.120. The fourth-order valence-electron chi connectivity index (χ4n) is 2.60. The second kappa shape index (κ2) is 8.06. The van der Waals surface area contributed by atoms with Crippen molar-refractivity contribution in [2.45, 2.75) is 19.3 Å². The Hall–Kier alpha value is -2.20. The molecule has 24 heavy (non-hydrogen) atoms. The Morgan fingerprint density at radius 3 is 2.71 bits per heavy atom. The molecule has 0 bridgehead atoms. The summed E-state index contributed by atoms with van der Waals surface area (Å²) in [6.07, 6.45) is 1.98. The van der Waals surface area contributed by atoms with Crippen LogP contribution in [0.2, 0.25) is 5.02 Å². The Labute approximate surface area is 146 Å². The van der Waals surface area contributed by atoms with Crippen LogP contribution >= 0.6 is 11.6 Å². The van der Waals surface area contributed by atoms with Gasteiger partial charge in [-0.2, -0.15) is 0 Å². The number of hydrogen-bond acceptors (Lipinski definition) is 3. The minimum Gasteiger partial charge on any atom is -0.490 e. The Bertz CT molecular complexity index is 718. The molecule has 1 heterocycles. The van der Waals surface area contributed by atoms with Crippen molar-refractivity contribution in [3.05, 3.63) is 58.6 Å². The van der Waals surface area contributed by atoms with E-state index in [1.165, 1.54) is 0 Å². The maximum atomic E-state index is 12.0. The second-order valence-electron chi connectivity index (χ2n) is 5.74. The molecule has 1 aliphatic rings. The van der Waals surface area contributed by atoms with Gasteiger partial charge in [-0.3, -0.25) is 4.79 Å². The standard InChI is InChI=1S/C19H20ClNO3/c20-16-4-1-3-15(11-16)13-19(22)21-8-7-14-5-6-17-18(12-14)24-10-2-9-23-17/h1,3-6,11-12H,2,7-10,13H2,(H,21,22). The van der Waals surface area contributed by atoms with E-state index in [2.05, 4.69) is 5.32 Å². The summed E-state index contributed by atoms with van der Waals surface area (Å²) in [6, 6.07) is 13.3. The predicted molar refractivity (Wildman–Crippen MR) is 93.9 cm³/mol. The molecule has 2 aromatic rings. The number of halogens is 1. The van der Waals surface area contributed by atoms with Crippen LogP contribution in [-0.2, 0) is 17.6 Å². The van der Waals surface area contributed by atoms with Gasteiger partial charge in [0.15, 0.2) is 11.5 Å². The number of nitrogens with one attached hydrogen (secondary N) is 1. The Morgan fingerprint density at radius 2 is 1.88 bits per heavy atom. The van der Waals surface area contributed by atoms with Gasteiger partial charge in [-0.15, -0.1) is 0 Å². The Morgan fingerprint density at radius 1 is 1.04 bits per heavy atom. The monoisotopic (exact) mass is 345 g/mol. The summed E-state index contributed by atoms with van der Waals surface area (Å²) in [4.78, 5) is 12.0. The fraction of sp³-hybridized carbons (Fsp3) is 0.316. The van der Waals surface area contributed by atoms with Gasteiger partial charge in [0.05, 0.1) is 19.6 Å². The summed E-state index contributed by atoms with van der Waals surface area (Å²) in [7, 11) is 0. The van der Waals surface area contributed by atoms with E-state index in [1.54, 1.807) is 6.07 Å². The molecule has 0 unspecified atom stereocenters. The van der Waals surface area contributed by atoms with Crippen LogP contribution in [0.4, 0.5) is 0 Å². The van der Waals surface area contributed by atoms with Crippen LogP contribution < -0.4 is 14.8 Å². The number of hydrogen-bond donors (Lipinski definition) is 1. The van der Waals surface area contributed by atoms with Crippen molar-refractivity contribution in [3.8, 4) is 11.5 Å².